The molecule has 2 aliphatic rings. The van der Waals surface area contributed by atoms with Crippen molar-refractivity contribution in [2.45, 2.75) is 18.8 Å². The van der Waals surface area contributed by atoms with Crippen LogP contribution >= 0.6 is 0 Å². The van der Waals surface area contributed by atoms with Crippen LogP contribution in [0.15, 0.2) is 72.8 Å². The molecule has 4 aromatic rings. The molecule has 6 rings (SSSR count). The summed E-state index contributed by atoms with van der Waals surface area (Å²) >= 11 is 0. The molecule has 4 nitrogen and oxygen atoms in total. The van der Waals surface area contributed by atoms with E-state index in [1.807, 2.05) is 0 Å². The van der Waals surface area contributed by atoms with Gasteiger partial charge in [-0.05, 0) is 33.7 Å². The number of benzene rings is 4. The first kappa shape index (κ1) is 17.8. The topological polar surface area (TPSA) is 40.2 Å². The van der Waals surface area contributed by atoms with Crippen molar-refractivity contribution in [3.63, 3.8) is 0 Å². The third-order valence-electron chi connectivity index (χ3n) is 5.77. The summed E-state index contributed by atoms with van der Waals surface area (Å²) in [6.45, 7) is 2.07. The van der Waals surface area contributed by atoms with Crippen LogP contribution in [0.1, 0.15) is 6.42 Å². The van der Waals surface area contributed by atoms with Crippen LogP contribution in [0.2, 0.25) is 0 Å². The largest absolute Gasteiger partial charge is 0.490 e. The zero-order valence-electron chi connectivity index (χ0n) is 16.5. The van der Waals surface area contributed by atoms with E-state index in [1.165, 1.54) is 10.8 Å². The SMILES string of the molecule is c1ccc2c(-c3c(OC4CCO4)ccc4ccccc34)c(OCC3CO3)ccc2c1. The van der Waals surface area contributed by atoms with Crippen molar-refractivity contribution in [1.29, 1.82) is 0 Å². The third kappa shape index (κ3) is 3.18. The maximum absolute atomic E-state index is 6.28. The Bertz CT molecular complexity index is 1220. The molecule has 2 heterocycles. The molecule has 4 heteroatoms. The predicted octanol–water partition coefficient (Wildman–Crippen LogP) is 5.56. The number of rotatable bonds is 6. The van der Waals surface area contributed by atoms with Crippen molar-refractivity contribution in [2.75, 3.05) is 19.8 Å². The molecule has 0 radical (unpaired) electrons. The lowest BCUT2D eigenvalue weighted by Crippen LogP contribution is -2.32. The smallest absolute Gasteiger partial charge is 0.202 e. The zero-order chi connectivity index (χ0) is 19.9. The normalized spacial score (nSPS) is 20.1. The molecule has 2 fully saturated rings. The molecule has 2 saturated heterocycles. The zero-order valence-corrected chi connectivity index (χ0v) is 16.5. The lowest BCUT2D eigenvalue weighted by atomic mass is 9.92. The van der Waals surface area contributed by atoms with Crippen molar-refractivity contribution in [1.82, 2.24) is 0 Å². The van der Waals surface area contributed by atoms with Gasteiger partial charge in [0.1, 0.15) is 24.2 Å². The highest BCUT2D eigenvalue weighted by molar-refractivity contribution is 6.09. The Hall–Kier alpha value is -3.08. The quantitative estimate of drug-likeness (QED) is 0.399. The molecule has 2 unspecified atom stereocenters. The number of hydrogen-bond acceptors (Lipinski definition) is 4. The summed E-state index contributed by atoms with van der Waals surface area (Å²) in [5.41, 5.74) is 2.10. The van der Waals surface area contributed by atoms with E-state index in [-0.39, 0.29) is 12.4 Å². The van der Waals surface area contributed by atoms with E-state index in [9.17, 15) is 0 Å². The average molecular weight is 398 g/mol. The Morgan fingerprint density at radius 3 is 1.93 bits per heavy atom. The van der Waals surface area contributed by atoms with E-state index in [0.29, 0.717) is 6.61 Å². The van der Waals surface area contributed by atoms with Crippen molar-refractivity contribution in [3.8, 4) is 22.6 Å². The fourth-order valence-corrected chi connectivity index (χ4v) is 4.03. The van der Waals surface area contributed by atoms with Crippen molar-refractivity contribution in [3.05, 3.63) is 72.8 Å². The maximum atomic E-state index is 6.28. The molecule has 0 bridgehead atoms. The molecule has 150 valence electrons. The fraction of sp³-hybridized carbons (Fsp3) is 0.231. The summed E-state index contributed by atoms with van der Waals surface area (Å²) < 4.78 is 23.5. The van der Waals surface area contributed by atoms with E-state index >= 15 is 0 Å². The van der Waals surface area contributed by atoms with Crippen LogP contribution in [-0.2, 0) is 9.47 Å². The van der Waals surface area contributed by atoms with E-state index in [2.05, 4.69) is 72.8 Å². The first-order valence-electron chi connectivity index (χ1n) is 10.4. The lowest BCUT2D eigenvalue weighted by molar-refractivity contribution is -0.165. The molecule has 2 atom stereocenters. The van der Waals surface area contributed by atoms with Gasteiger partial charge in [-0.1, -0.05) is 60.7 Å². The molecule has 0 N–H and O–H groups in total. The predicted molar refractivity (Wildman–Crippen MR) is 117 cm³/mol. The minimum absolute atomic E-state index is 0.191. The summed E-state index contributed by atoms with van der Waals surface area (Å²) in [6, 6.07) is 25.2. The Morgan fingerprint density at radius 2 is 1.33 bits per heavy atom. The minimum atomic E-state index is -0.191. The standard InChI is InChI=1S/C26H22O4/c1-3-7-20-17(5-1)9-11-22(29-16-19-15-28-19)25(20)26-21-8-4-2-6-18(21)10-12-23(26)30-24-13-14-27-24/h1-12,19,24H,13-16H2. The number of ether oxygens (including phenoxy) is 4. The summed E-state index contributed by atoms with van der Waals surface area (Å²) in [5, 5.41) is 4.61. The molecule has 4 aromatic carbocycles. The van der Waals surface area contributed by atoms with Gasteiger partial charge in [0.15, 0.2) is 0 Å². The Balaban J connectivity index is 1.61. The van der Waals surface area contributed by atoms with Crippen LogP contribution in [0.3, 0.4) is 0 Å². The number of epoxide rings is 1. The first-order chi connectivity index (χ1) is 14.9. The Morgan fingerprint density at radius 1 is 0.733 bits per heavy atom. The van der Waals surface area contributed by atoms with Gasteiger partial charge in [0.25, 0.3) is 0 Å². The maximum Gasteiger partial charge on any atom is 0.202 e. The van der Waals surface area contributed by atoms with Crippen molar-refractivity contribution < 1.29 is 18.9 Å². The van der Waals surface area contributed by atoms with Crippen LogP contribution in [0, 0.1) is 0 Å². The van der Waals surface area contributed by atoms with E-state index in [4.69, 9.17) is 18.9 Å². The van der Waals surface area contributed by atoms with E-state index < -0.39 is 0 Å². The van der Waals surface area contributed by atoms with E-state index in [0.717, 1.165) is 53.0 Å². The van der Waals surface area contributed by atoms with Crippen molar-refractivity contribution >= 4 is 21.5 Å². The summed E-state index contributed by atoms with van der Waals surface area (Å²) in [4.78, 5) is 0. The second-order valence-corrected chi connectivity index (χ2v) is 7.79. The van der Waals surface area contributed by atoms with Gasteiger partial charge in [0, 0.05) is 17.5 Å². The highest BCUT2D eigenvalue weighted by Crippen LogP contribution is 2.46. The Labute approximate surface area is 174 Å². The van der Waals surface area contributed by atoms with Crippen LogP contribution in [0.25, 0.3) is 32.7 Å². The average Bonchev–Trinajstić information content (AvgIpc) is 3.59. The fourth-order valence-electron chi connectivity index (χ4n) is 4.03. The van der Waals surface area contributed by atoms with Gasteiger partial charge in [-0.2, -0.15) is 0 Å². The number of hydrogen-bond donors (Lipinski definition) is 0. The monoisotopic (exact) mass is 398 g/mol. The molecule has 0 saturated carbocycles. The van der Waals surface area contributed by atoms with Crippen LogP contribution in [0.4, 0.5) is 0 Å². The van der Waals surface area contributed by atoms with Gasteiger partial charge in [-0.3, -0.25) is 0 Å². The first-order valence-corrected chi connectivity index (χ1v) is 10.4. The molecule has 30 heavy (non-hydrogen) atoms. The second-order valence-electron chi connectivity index (χ2n) is 7.79. The highest BCUT2D eigenvalue weighted by Gasteiger charge is 2.26. The van der Waals surface area contributed by atoms with Crippen LogP contribution < -0.4 is 9.47 Å². The van der Waals surface area contributed by atoms with Gasteiger partial charge in [-0.15, -0.1) is 0 Å². The lowest BCUT2D eigenvalue weighted by Gasteiger charge is -2.28. The van der Waals surface area contributed by atoms with Crippen LogP contribution in [-0.4, -0.2) is 32.2 Å². The van der Waals surface area contributed by atoms with Gasteiger partial charge < -0.3 is 18.9 Å². The number of fused-ring (bicyclic) bond motifs is 2. The summed E-state index contributed by atoms with van der Waals surface area (Å²) in [7, 11) is 0. The minimum Gasteiger partial charge on any atom is -0.490 e. The summed E-state index contributed by atoms with van der Waals surface area (Å²) in [5.74, 6) is 1.67. The van der Waals surface area contributed by atoms with Gasteiger partial charge in [0.2, 0.25) is 6.29 Å². The molecular formula is C26H22O4. The third-order valence-corrected chi connectivity index (χ3v) is 5.77. The Kier molecular flexibility index (Phi) is 4.33. The van der Waals surface area contributed by atoms with E-state index in [1.54, 1.807) is 0 Å². The second kappa shape index (κ2) is 7.31. The van der Waals surface area contributed by atoms with Crippen LogP contribution in [0.5, 0.6) is 11.5 Å². The molecule has 0 amide bonds. The van der Waals surface area contributed by atoms with Gasteiger partial charge in [-0.25, -0.2) is 0 Å². The summed E-state index contributed by atoms with van der Waals surface area (Å²) in [6.07, 6.45) is 0.907. The highest BCUT2D eigenvalue weighted by atomic mass is 16.7. The molecular weight excluding hydrogens is 376 g/mol. The molecule has 0 spiro atoms. The van der Waals surface area contributed by atoms with Gasteiger partial charge in [0.05, 0.1) is 13.2 Å². The van der Waals surface area contributed by atoms with Gasteiger partial charge >= 0.3 is 0 Å². The van der Waals surface area contributed by atoms with Crippen molar-refractivity contribution in [2.24, 2.45) is 0 Å². The molecule has 0 aromatic heterocycles. The molecule has 0 aliphatic carbocycles. The molecule has 2 aliphatic heterocycles.